The van der Waals surface area contributed by atoms with Gasteiger partial charge in [-0.2, -0.15) is 5.10 Å². The lowest BCUT2D eigenvalue weighted by Crippen LogP contribution is -2.35. The SMILES string of the molecule is O=C(Nc1n[nH]c2ccc(Cc3cc(F)cc(F)c3)cc12)c1ccc(CN2CCOCC2)cc1[N+](=O)[O-]. The van der Waals surface area contributed by atoms with Gasteiger partial charge in [-0.25, -0.2) is 8.78 Å². The van der Waals surface area contributed by atoms with E-state index in [2.05, 4.69) is 20.4 Å². The zero-order valence-corrected chi connectivity index (χ0v) is 19.7. The molecular weight excluding hydrogens is 484 g/mol. The smallest absolute Gasteiger partial charge is 0.282 e. The number of carbonyl (C=O) groups is 1. The van der Waals surface area contributed by atoms with E-state index in [1.54, 1.807) is 24.3 Å². The highest BCUT2D eigenvalue weighted by Crippen LogP contribution is 2.27. The number of aromatic nitrogens is 2. The maximum atomic E-state index is 13.6. The number of hydrogen-bond donors (Lipinski definition) is 2. The maximum Gasteiger partial charge on any atom is 0.282 e. The monoisotopic (exact) mass is 507 g/mol. The fraction of sp³-hybridized carbons (Fsp3) is 0.231. The third kappa shape index (κ3) is 5.63. The van der Waals surface area contributed by atoms with Gasteiger partial charge in [-0.3, -0.25) is 24.9 Å². The minimum absolute atomic E-state index is 0.0849. The molecule has 190 valence electrons. The van der Waals surface area contributed by atoms with Crippen molar-refractivity contribution >= 4 is 28.3 Å². The molecule has 3 aromatic carbocycles. The van der Waals surface area contributed by atoms with Gasteiger partial charge in [0.1, 0.15) is 17.2 Å². The summed E-state index contributed by atoms with van der Waals surface area (Å²) in [5.41, 5.74) is 2.18. The third-order valence-corrected chi connectivity index (χ3v) is 6.20. The Morgan fingerprint density at radius 1 is 1.03 bits per heavy atom. The lowest BCUT2D eigenvalue weighted by molar-refractivity contribution is -0.385. The second-order valence-corrected chi connectivity index (χ2v) is 8.86. The summed E-state index contributed by atoms with van der Waals surface area (Å²) in [6.45, 7) is 3.22. The van der Waals surface area contributed by atoms with Crippen LogP contribution in [0.3, 0.4) is 0 Å². The van der Waals surface area contributed by atoms with E-state index in [1.165, 1.54) is 24.3 Å². The van der Waals surface area contributed by atoms with Crippen LogP contribution in [0.4, 0.5) is 20.3 Å². The number of H-pyrrole nitrogens is 1. The number of carbonyl (C=O) groups excluding carboxylic acids is 1. The van der Waals surface area contributed by atoms with E-state index in [4.69, 9.17) is 4.74 Å². The lowest BCUT2D eigenvalue weighted by atomic mass is 10.0. The molecule has 1 fully saturated rings. The molecule has 1 aromatic heterocycles. The van der Waals surface area contributed by atoms with E-state index in [-0.39, 0.29) is 23.5 Å². The van der Waals surface area contributed by atoms with Crippen molar-refractivity contribution in [3.05, 3.63) is 98.6 Å². The Balaban J connectivity index is 1.37. The predicted octanol–water partition coefficient (Wildman–Crippen LogP) is 4.42. The van der Waals surface area contributed by atoms with Crippen LogP contribution in [0, 0.1) is 21.7 Å². The van der Waals surface area contributed by atoms with E-state index in [9.17, 15) is 23.7 Å². The zero-order valence-electron chi connectivity index (χ0n) is 19.7. The van der Waals surface area contributed by atoms with Crippen LogP contribution in [0.15, 0.2) is 54.6 Å². The Kier molecular flexibility index (Phi) is 6.89. The first kappa shape index (κ1) is 24.5. The Morgan fingerprint density at radius 2 is 1.76 bits per heavy atom. The number of aromatic amines is 1. The number of anilines is 1. The van der Waals surface area contributed by atoms with Crippen molar-refractivity contribution in [3.8, 4) is 0 Å². The molecular formula is C26H23F2N5O4. The molecule has 4 aromatic rings. The Bertz CT molecular complexity index is 1460. The molecule has 1 aliphatic rings. The summed E-state index contributed by atoms with van der Waals surface area (Å²) in [6.07, 6.45) is 0.263. The molecule has 1 amide bonds. The highest BCUT2D eigenvalue weighted by atomic mass is 19.1. The van der Waals surface area contributed by atoms with Crippen LogP contribution >= 0.6 is 0 Å². The van der Waals surface area contributed by atoms with Crippen molar-refractivity contribution in [3.63, 3.8) is 0 Å². The van der Waals surface area contributed by atoms with Crippen molar-refractivity contribution < 1.29 is 23.2 Å². The van der Waals surface area contributed by atoms with Gasteiger partial charge in [0.15, 0.2) is 5.82 Å². The number of benzene rings is 3. The van der Waals surface area contributed by atoms with Crippen LogP contribution in [0.2, 0.25) is 0 Å². The number of nitro benzene ring substituents is 1. The molecule has 1 aliphatic heterocycles. The molecule has 0 saturated carbocycles. The molecule has 0 spiro atoms. The predicted molar refractivity (Wildman–Crippen MR) is 132 cm³/mol. The van der Waals surface area contributed by atoms with Gasteiger partial charge < -0.3 is 10.1 Å². The number of rotatable bonds is 7. The molecule has 1 saturated heterocycles. The van der Waals surface area contributed by atoms with Crippen LogP contribution in [-0.2, 0) is 17.7 Å². The molecule has 2 heterocycles. The summed E-state index contributed by atoms with van der Waals surface area (Å²) in [7, 11) is 0. The van der Waals surface area contributed by atoms with Crippen LogP contribution in [0.25, 0.3) is 10.9 Å². The minimum atomic E-state index is -0.671. The summed E-state index contributed by atoms with van der Waals surface area (Å²) >= 11 is 0. The summed E-state index contributed by atoms with van der Waals surface area (Å²) in [5, 5.41) is 21.9. The first-order chi connectivity index (χ1) is 17.9. The summed E-state index contributed by atoms with van der Waals surface area (Å²) < 4.78 is 32.5. The van der Waals surface area contributed by atoms with Crippen molar-refractivity contribution in [2.24, 2.45) is 0 Å². The van der Waals surface area contributed by atoms with Crippen LogP contribution in [0.5, 0.6) is 0 Å². The Morgan fingerprint density at radius 3 is 2.49 bits per heavy atom. The van der Waals surface area contributed by atoms with Gasteiger partial charge in [-0.05, 0) is 53.4 Å². The quantitative estimate of drug-likeness (QED) is 0.283. The van der Waals surface area contributed by atoms with Crippen molar-refractivity contribution in [1.82, 2.24) is 15.1 Å². The molecule has 0 aliphatic carbocycles. The molecule has 5 rings (SSSR count). The van der Waals surface area contributed by atoms with E-state index in [0.29, 0.717) is 36.2 Å². The molecule has 37 heavy (non-hydrogen) atoms. The first-order valence-electron chi connectivity index (χ1n) is 11.7. The molecule has 2 N–H and O–H groups in total. The van der Waals surface area contributed by atoms with Gasteiger partial charge in [0.05, 0.1) is 23.7 Å². The highest BCUT2D eigenvalue weighted by molar-refractivity contribution is 6.10. The summed E-state index contributed by atoms with van der Waals surface area (Å²) in [6, 6.07) is 13.2. The van der Waals surface area contributed by atoms with Crippen molar-refractivity contribution in [2.45, 2.75) is 13.0 Å². The van der Waals surface area contributed by atoms with Gasteiger partial charge >= 0.3 is 0 Å². The molecule has 0 unspecified atom stereocenters. The standard InChI is InChI=1S/C26H23F2N5O4/c27-19-10-18(11-20(28)14-19)9-16-2-4-23-22(12-16)25(31-30-23)29-26(34)21-3-1-17(13-24(21)33(35)36)15-32-5-7-37-8-6-32/h1-4,10-14H,5-9,15H2,(H2,29,30,31,34). The topological polar surface area (TPSA) is 113 Å². The molecule has 0 atom stereocenters. The normalized spacial score (nSPS) is 14.1. The van der Waals surface area contributed by atoms with Crippen molar-refractivity contribution in [2.75, 3.05) is 31.6 Å². The van der Waals surface area contributed by atoms with Crippen LogP contribution in [0.1, 0.15) is 27.0 Å². The Hall–Kier alpha value is -4.22. The Labute approximate surface area is 210 Å². The van der Waals surface area contributed by atoms with E-state index in [0.717, 1.165) is 30.3 Å². The average Bonchev–Trinajstić information content (AvgIpc) is 3.25. The number of nitrogens with zero attached hydrogens (tertiary/aromatic N) is 3. The number of halogens is 2. The summed E-state index contributed by atoms with van der Waals surface area (Å²) in [4.78, 5) is 26.4. The third-order valence-electron chi connectivity index (χ3n) is 6.20. The van der Waals surface area contributed by atoms with E-state index < -0.39 is 22.5 Å². The first-order valence-corrected chi connectivity index (χ1v) is 11.7. The van der Waals surface area contributed by atoms with Gasteiger partial charge in [0.2, 0.25) is 0 Å². The number of amides is 1. The van der Waals surface area contributed by atoms with E-state index >= 15 is 0 Å². The second kappa shape index (κ2) is 10.4. The van der Waals surface area contributed by atoms with Crippen LogP contribution < -0.4 is 5.32 Å². The minimum Gasteiger partial charge on any atom is -0.379 e. The molecule has 11 heteroatoms. The number of morpholine rings is 1. The average molecular weight is 507 g/mol. The molecule has 0 radical (unpaired) electrons. The number of nitrogens with one attached hydrogen (secondary N) is 2. The largest absolute Gasteiger partial charge is 0.379 e. The van der Waals surface area contributed by atoms with Gasteiger partial charge in [0, 0.05) is 37.2 Å². The number of nitro groups is 1. The molecule has 0 bridgehead atoms. The van der Waals surface area contributed by atoms with Gasteiger partial charge in [0.25, 0.3) is 11.6 Å². The zero-order chi connectivity index (χ0) is 25.9. The summed E-state index contributed by atoms with van der Waals surface area (Å²) in [5.74, 6) is -1.80. The second-order valence-electron chi connectivity index (χ2n) is 8.86. The van der Waals surface area contributed by atoms with E-state index in [1.807, 2.05) is 0 Å². The van der Waals surface area contributed by atoms with Gasteiger partial charge in [-0.15, -0.1) is 0 Å². The lowest BCUT2D eigenvalue weighted by Gasteiger charge is -2.26. The molecule has 9 nitrogen and oxygen atoms in total. The number of fused-ring (bicyclic) bond motifs is 1. The number of ether oxygens (including phenoxy) is 1. The fourth-order valence-electron chi connectivity index (χ4n) is 4.43. The maximum absolute atomic E-state index is 13.6. The van der Waals surface area contributed by atoms with Gasteiger partial charge in [-0.1, -0.05) is 12.1 Å². The number of hydrogen-bond acceptors (Lipinski definition) is 6. The fourth-order valence-corrected chi connectivity index (χ4v) is 4.43. The highest BCUT2D eigenvalue weighted by Gasteiger charge is 2.23. The van der Waals surface area contributed by atoms with Crippen LogP contribution in [-0.4, -0.2) is 52.2 Å². The van der Waals surface area contributed by atoms with Crippen molar-refractivity contribution in [1.29, 1.82) is 0 Å².